The van der Waals surface area contributed by atoms with E-state index in [0.29, 0.717) is 13.1 Å². The Labute approximate surface area is 338 Å². The standard InChI is InChI=1S/C43H57N9O4S/c1-24(2)36(44)40(53)50-18-8-10-32(50)39-47-23-31(49-39)35-15-14-34(57-35)27-13-12-26(28-20-43(21-29(27)28)16-6-7-17-43)30-22-46-38(48-30)33-11-9-19-51(33)41(54)37(25(3)4)52(45)42(55)56-5/h12-15,22-25,32-33,36-37H,6-11,16-21,44-45H2,1-5H3,(H,46,48)(H,47,49)/t32-,33-,36-,37-/m0/s1. The molecule has 8 rings (SSSR count). The molecule has 5 heterocycles. The van der Waals surface area contributed by atoms with E-state index < -0.39 is 18.2 Å². The summed E-state index contributed by atoms with van der Waals surface area (Å²) in [6.07, 6.45) is 13.6. The number of likely N-dealkylation sites (tertiary alicyclic amines) is 2. The highest BCUT2D eigenvalue weighted by Gasteiger charge is 2.43. The zero-order valence-electron chi connectivity index (χ0n) is 33.8. The van der Waals surface area contributed by atoms with Crippen molar-refractivity contribution in [2.75, 3.05) is 20.2 Å². The third-order valence-corrected chi connectivity index (χ3v) is 14.2. The number of nitrogens with one attached hydrogen (secondary N) is 2. The van der Waals surface area contributed by atoms with Gasteiger partial charge in [0.15, 0.2) is 0 Å². The number of amides is 3. The number of aromatic amines is 2. The van der Waals surface area contributed by atoms with Crippen LogP contribution in [-0.4, -0.2) is 84.9 Å². The molecule has 13 nitrogen and oxygen atoms in total. The van der Waals surface area contributed by atoms with Crippen LogP contribution in [0, 0.1) is 17.3 Å². The molecule has 14 heteroatoms. The number of carbonyl (C=O) groups excluding carboxylic acids is 3. The number of carbonyl (C=O) groups is 3. The largest absolute Gasteiger partial charge is 0.452 e. The van der Waals surface area contributed by atoms with E-state index in [9.17, 15) is 14.4 Å². The fourth-order valence-corrected chi connectivity index (χ4v) is 11.0. The summed E-state index contributed by atoms with van der Waals surface area (Å²) in [5.41, 5.74) is 13.8. The highest BCUT2D eigenvalue weighted by molar-refractivity contribution is 7.18. The number of hydrogen-bond acceptors (Lipinski definition) is 9. The Morgan fingerprint density at radius 2 is 1.37 bits per heavy atom. The van der Waals surface area contributed by atoms with Crippen LogP contribution in [0.2, 0.25) is 0 Å². The average molecular weight is 796 g/mol. The zero-order chi connectivity index (χ0) is 40.2. The molecule has 4 atom stereocenters. The SMILES string of the molecule is COC(=O)N(N)[C@H](C(=O)N1CCC[C@H]1c1ncc(-c2ccc(-c3ccc(-c4cnc([C@@H]5CCCN5C(=O)[C@@H](N)C(C)C)[nH]4)s3)c3c2CC2(CCCC2)C3)[nH]1)C(C)C. The van der Waals surface area contributed by atoms with Crippen molar-refractivity contribution in [2.24, 2.45) is 28.8 Å². The predicted octanol–water partition coefficient (Wildman–Crippen LogP) is 7.13. The van der Waals surface area contributed by atoms with E-state index in [4.69, 9.17) is 26.3 Å². The summed E-state index contributed by atoms with van der Waals surface area (Å²) < 4.78 is 4.84. The van der Waals surface area contributed by atoms with Crippen LogP contribution in [0.1, 0.15) is 114 Å². The minimum atomic E-state index is -0.846. The third-order valence-electron chi connectivity index (χ3n) is 13.1. The van der Waals surface area contributed by atoms with Crippen molar-refractivity contribution in [3.8, 4) is 32.3 Å². The average Bonchev–Trinajstić information content (AvgIpc) is 4.04. The molecule has 3 amide bonds. The zero-order valence-corrected chi connectivity index (χ0v) is 34.7. The van der Waals surface area contributed by atoms with Crippen molar-refractivity contribution in [2.45, 2.75) is 116 Å². The Balaban J connectivity index is 1.06. The lowest BCUT2D eigenvalue weighted by Gasteiger charge is -2.33. The summed E-state index contributed by atoms with van der Waals surface area (Å²) in [7, 11) is 1.26. The maximum atomic E-state index is 13.9. The third kappa shape index (κ3) is 7.18. The molecule has 0 unspecified atom stereocenters. The summed E-state index contributed by atoms with van der Waals surface area (Å²) >= 11 is 1.77. The summed E-state index contributed by atoms with van der Waals surface area (Å²) in [5, 5.41) is 0.918. The van der Waals surface area contributed by atoms with Crippen LogP contribution in [0.5, 0.6) is 0 Å². The van der Waals surface area contributed by atoms with E-state index in [1.165, 1.54) is 59.9 Å². The number of imidazole rings is 2. The van der Waals surface area contributed by atoms with Crippen LogP contribution >= 0.6 is 11.3 Å². The number of aromatic nitrogens is 4. The highest BCUT2D eigenvalue weighted by atomic mass is 32.1. The van der Waals surface area contributed by atoms with Gasteiger partial charge in [0.1, 0.15) is 17.7 Å². The summed E-state index contributed by atoms with van der Waals surface area (Å²) in [4.78, 5) is 62.4. The predicted molar refractivity (Wildman–Crippen MR) is 220 cm³/mol. The van der Waals surface area contributed by atoms with Crippen molar-refractivity contribution >= 4 is 29.2 Å². The Bertz CT molecular complexity index is 2130. The van der Waals surface area contributed by atoms with E-state index >= 15 is 0 Å². The van der Waals surface area contributed by atoms with Gasteiger partial charge in [-0.2, -0.15) is 0 Å². The van der Waals surface area contributed by atoms with E-state index in [0.717, 1.165) is 71.4 Å². The summed E-state index contributed by atoms with van der Waals surface area (Å²) in [6.45, 7) is 9.01. The number of H-pyrrole nitrogens is 2. The highest BCUT2D eigenvalue weighted by Crippen LogP contribution is 2.53. The Morgan fingerprint density at radius 1 is 0.807 bits per heavy atom. The van der Waals surface area contributed by atoms with Crippen LogP contribution in [-0.2, 0) is 27.2 Å². The fourth-order valence-electron chi connectivity index (χ4n) is 9.99. The van der Waals surface area contributed by atoms with Gasteiger partial charge in [-0.15, -0.1) is 11.3 Å². The summed E-state index contributed by atoms with van der Waals surface area (Å²) in [5.74, 6) is 7.36. The van der Waals surface area contributed by atoms with Crippen LogP contribution in [0.15, 0.2) is 36.7 Å². The number of methoxy groups -OCH3 is 1. The van der Waals surface area contributed by atoms with Gasteiger partial charge in [0, 0.05) is 23.5 Å². The fraction of sp³-hybridized carbons (Fsp3) is 0.558. The van der Waals surface area contributed by atoms with Crippen molar-refractivity contribution in [3.63, 3.8) is 0 Å². The van der Waals surface area contributed by atoms with Crippen molar-refractivity contribution in [3.05, 3.63) is 59.4 Å². The first-order valence-corrected chi connectivity index (χ1v) is 21.5. The smallest absolute Gasteiger partial charge is 0.424 e. The first-order valence-electron chi connectivity index (χ1n) is 20.7. The molecule has 2 saturated heterocycles. The van der Waals surface area contributed by atoms with E-state index in [-0.39, 0.29) is 41.1 Å². The molecule has 1 saturated carbocycles. The molecule has 57 heavy (non-hydrogen) atoms. The maximum Gasteiger partial charge on any atom is 0.424 e. The van der Waals surface area contributed by atoms with Crippen LogP contribution in [0.3, 0.4) is 0 Å². The summed E-state index contributed by atoms with van der Waals surface area (Å²) in [6, 6.07) is 7.24. The number of nitrogens with two attached hydrogens (primary N) is 2. The second kappa shape index (κ2) is 15.7. The van der Waals surface area contributed by atoms with E-state index in [1.807, 2.05) is 49.9 Å². The molecule has 3 aromatic heterocycles. The normalized spacial score (nSPS) is 21.2. The van der Waals surface area contributed by atoms with Gasteiger partial charge in [-0.3, -0.25) is 9.59 Å². The lowest BCUT2D eigenvalue weighted by Crippen LogP contribution is -2.56. The Kier molecular flexibility index (Phi) is 10.8. The Morgan fingerprint density at radius 3 is 1.98 bits per heavy atom. The lowest BCUT2D eigenvalue weighted by atomic mass is 9.83. The van der Waals surface area contributed by atoms with E-state index in [1.54, 1.807) is 11.3 Å². The molecule has 0 bridgehead atoms. The lowest BCUT2D eigenvalue weighted by molar-refractivity contribution is -0.139. The molecule has 4 aliphatic rings. The number of thiophene rings is 1. The van der Waals surface area contributed by atoms with Crippen LogP contribution in [0.25, 0.3) is 32.3 Å². The van der Waals surface area contributed by atoms with Gasteiger partial charge in [0.2, 0.25) is 11.8 Å². The van der Waals surface area contributed by atoms with Gasteiger partial charge in [-0.05, 0) is 97.4 Å². The van der Waals surface area contributed by atoms with E-state index in [2.05, 4.69) is 34.2 Å². The van der Waals surface area contributed by atoms with Gasteiger partial charge in [0.05, 0.1) is 53.9 Å². The molecule has 1 aromatic carbocycles. The van der Waals surface area contributed by atoms with Gasteiger partial charge in [0.25, 0.3) is 0 Å². The minimum absolute atomic E-state index is 0.000954. The number of hydrogen-bond donors (Lipinski definition) is 4. The molecule has 3 fully saturated rings. The molecular weight excluding hydrogens is 739 g/mol. The number of hydrazine groups is 1. The number of ether oxygens (including phenoxy) is 1. The molecule has 2 aliphatic carbocycles. The quantitative estimate of drug-likeness (QED) is 0.0744. The first-order chi connectivity index (χ1) is 27.4. The molecular formula is C43H57N9O4S. The second-order valence-corrected chi connectivity index (χ2v) is 18.5. The number of nitrogens with zero attached hydrogens (tertiary/aromatic N) is 5. The second-order valence-electron chi connectivity index (χ2n) is 17.4. The van der Waals surface area contributed by atoms with Gasteiger partial charge < -0.3 is 30.2 Å². The molecule has 6 N–H and O–H groups in total. The van der Waals surface area contributed by atoms with Crippen molar-refractivity contribution in [1.29, 1.82) is 0 Å². The molecule has 0 radical (unpaired) electrons. The molecule has 304 valence electrons. The monoisotopic (exact) mass is 795 g/mol. The van der Waals surface area contributed by atoms with Crippen molar-refractivity contribution in [1.82, 2.24) is 34.7 Å². The van der Waals surface area contributed by atoms with Gasteiger partial charge in [-0.25, -0.2) is 25.6 Å². The maximum absolute atomic E-state index is 13.9. The van der Waals surface area contributed by atoms with Crippen molar-refractivity contribution < 1.29 is 19.1 Å². The molecule has 2 aliphatic heterocycles. The number of fused-ring (bicyclic) bond motifs is 1. The molecule has 4 aromatic rings. The molecule has 1 spiro atoms. The minimum Gasteiger partial charge on any atom is -0.452 e. The Hall–Kier alpha value is -4.53. The first kappa shape index (κ1) is 39.3. The van der Waals surface area contributed by atoms with Crippen LogP contribution < -0.4 is 11.6 Å². The van der Waals surface area contributed by atoms with Crippen LogP contribution in [0.4, 0.5) is 4.79 Å². The van der Waals surface area contributed by atoms with Gasteiger partial charge >= 0.3 is 6.09 Å². The topological polar surface area (TPSA) is 180 Å². The van der Waals surface area contributed by atoms with Gasteiger partial charge in [-0.1, -0.05) is 52.7 Å². The number of benzene rings is 1. The number of rotatable bonds is 10.